The number of rotatable bonds is 2. The van der Waals surface area contributed by atoms with E-state index >= 15 is 0 Å². The van der Waals surface area contributed by atoms with Crippen LogP contribution in [0, 0.1) is 6.92 Å². The first-order chi connectivity index (χ1) is 6.95. The summed E-state index contributed by atoms with van der Waals surface area (Å²) in [5.41, 5.74) is 0.122. The van der Waals surface area contributed by atoms with Crippen molar-refractivity contribution in [2.45, 2.75) is 13.1 Å². The van der Waals surface area contributed by atoms with E-state index in [2.05, 4.69) is 4.74 Å². The van der Waals surface area contributed by atoms with Gasteiger partial charge in [-0.15, -0.1) is 0 Å². The average molecular weight is 216 g/mol. The van der Waals surface area contributed by atoms with Gasteiger partial charge in [0.2, 0.25) is 0 Å². The molecule has 0 saturated heterocycles. The molecule has 0 heterocycles. The minimum absolute atomic E-state index is 0.115. The fraction of sp³-hybridized carbons (Fsp3) is 0.273. The van der Waals surface area contributed by atoms with Gasteiger partial charge in [0.05, 0.1) is 18.9 Å². The third-order valence-corrected chi connectivity index (χ3v) is 1.87. The molecule has 0 unspecified atom stereocenters. The fourth-order valence-corrected chi connectivity index (χ4v) is 1.23. The quantitative estimate of drug-likeness (QED) is 0.687. The molecule has 0 aliphatic carbocycles. The first-order valence-electron chi connectivity index (χ1n) is 4.32. The molecule has 0 aromatic heterocycles. The lowest BCUT2D eigenvalue weighted by atomic mass is 10.0. The van der Waals surface area contributed by atoms with Crippen LogP contribution in [0.25, 0.3) is 5.57 Å². The number of aryl methyl sites for hydroxylation is 1. The van der Waals surface area contributed by atoms with Gasteiger partial charge in [0.15, 0.2) is 0 Å². The third-order valence-electron chi connectivity index (χ3n) is 1.87. The van der Waals surface area contributed by atoms with E-state index in [1.165, 1.54) is 19.2 Å². The van der Waals surface area contributed by atoms with Crippen LogP contribution in [0.5, 0.6) is 0 Å². The molecule has 82 valence electrons. The number of alkyl halides is 3. The second kappa shape index (κ2) is 4.38. The van der Waals surface area contributed by atoms with Crippen molar-refractivity contribution in [3.8, 4) is 0 Å². The van der Waals surface area contributed by atoms with Crippen molar-refractivity contribution in [3.63, 3.8) is 0 Å². The monoisotopic (exact) mass is 216 g/mol. The van der Waals surface area contributed by atoms with E-state index in [9.17, 15) is 13.2 Å². The Morgan fingerprint density at radius 1 is 1.33 bits per heavy atom. The number of ether oxygens (including phenoxy) is 1. The highest BCUT2D eigenvalue weighted by Gasteiger charge is 2.35. The molecule has 15 heavy (non-hydrogen) atoms. The second-order valence-corrected chi connectivity index (χ2v) is 3.13. The SMILES string of the molecule is CO/C=C(\c1cccc(C)c1)C(F)(F)F. The predicted molar refractivity (Wildman–Crippen MR) is 52.2 cm³/mol. The molecule has 0 N–H and O–H groups in total. The smallest absolute Gasteiger partial charge is 0.419 e. The molecule has 0 aliphatic rings. The normalized spacial score (nSPS) is 12.7. The zero-order valence-corrected chi connectivity index (χ0v) is 8.43. The highest BCUT2D eigenvalue weighted by molar-refractivity contribution is 5.69. The first-order valence-corrected chi connectivity index (χ1v) is 4.32. The van der Waals surface area contributed by atoms with Gasteiger partial charge < -0.3 is 4.74 Å². The number of methoxy groups -OCH3 is 1. The maximum absolute atomic E-state index is 12.6. The van der Waals surface area contributed by atoms with E-state index < -0.39 is 11.7 Å². The summed E-state index contributed by atoms with van der Waals surface area (Å²) in [6.07, 6.45) is -3.68. The zero-order valence-electron chi connectivity index (χ0n) is 8.43. The van der Waals surface area contributed by atoms with Crippen LogP contribution in [0.15, 0.2) is 30.5 Å². The minimum atomic E-state index is -4.40. The van der Waals surface area contributed by atoms with Crippen molar-refractivity contribution in [1.29, 1.82) is 0 Å². The lowest BCUT2D eigenvalue weighted by Gasteiger charge is -2.11. The summed E-state index contributed by atoms with van der Waals surface area (Å²) < 4.78 is 42.2. The molecule has 0 atom stereocenters. The van der Waals surface area contributed by atoms with E-state index in [1.54, 1.807) is 19.1 Å². The van der Waals surface area contributed by atoms with Gasteiger partial charge >= 0.3 is 6.18 Å². The van der Waals surface area contributed by atoms with Crippen molar-refractivity contribution in [1.82, 2.24) is 0 Å². The van der Waals surface area contributed by atoms with Gasteiger partial charge in [0.25, 0.3) is 0 Å². The molecule has 0 saturated carbocycles. The Morgan fingerprint density at radius 3 is 2.47 bits per heavy atom. The van der Waals surface area contributed by atoms with E-state index in [4.69, 9.17) is 0 Å². The van der Waals surface area contributed by atoms with Gasteiger partial charge in [-0.3, -0.25) is 0 Å². The molecule has 0 aliphatic heterocycles. The Hall–Kier alpha value is -1.45. The van der Waals surface area contributed by atoms with Crippen LogP contribution in [0.3, 0.4) is 0 Å². The summed E-state index contributed by atoms with van der Waals surface area (Å²) in [7, 11) is 1.20. The summed E-state index contributed by atoms with van der Waals surface area (Å²) in [4.78, 5) is 0. The summed E-state index contributed by atoms with van der Waals surface area (Å²) in [5.74, 6) is 0. The van der Waals surface area contributed by atoms with Crippen LogP contribution in [-0.4, -0.2) is 13.3 Å². The third kappa shape index (κ3) is 3.01. The summed E-state index contributed by atoms with van der Waals surface area (Å²) >= 11 is 0. The first kappa shape index (κ1) is 11.6. The molecule has 1 rings (SSSR count). The summed E-state index contributed by atoms with van der Waals surface area (Å²) in [6, 6.07) is 6.20. The van der Waals surface area contributed by atoms with E-state index in [0.717, 1.165) is 11.8 Å². The predicted octanol–water partition coefficient (Wildman–Crippen LogP) is 3.54. The molecule has 0 radical (unpaired) electrons. The van der Waals surface area contributed by atoms with Crippen molar-refractivity contribution >= 4 is 5.57 Å². The van der Waals surface area contributed by atoms with E-state index in [0.29, 0.717) is 0 Å². The highest BCUT2D eigenvalue weighted by Crippen LogP contribution is 2.33. The van der Waals surface area contributed by atoms with Gasteiger partial charge in [0.1, 0.15) is 0 Å². The van der Waals surface area contributed by atoms with Crippen LogP contribution in [0.4, 0.5) is 13.2 Å². The Kier molecular flexibility index (Phi) is 3.39. The molecule has 4 heteroatoms. The molecule has 1 nitrogen and oxygen atoms in total. The second-order valence-electron chi connectivity index (χ2n) is 3.13. The fourth-order valence-electron chi connectivity index (χ4n) is 1.23. The number of benzene rings is 1. The molecule has 0 spiro atoms. The summed E-state index contributed by atoms with van der Waals surface area (Å²) in [5, 5.41) is 0. The lowest BCUT2D eigenvalue weighted by Crippen LogP contribution is -2.11. The number of hydrogen-bond acceptors (Lipinski definition) is 1. The highest BCUT2D eigenvalue weighted by atomic mass is 19.4. The standard InChI is InChI=1S/C11H11F3O/c1-8-4-3-5-9(6-8)10(7-15-2)11(12,13)14/h3-7H,1-2H3/b10-7+. The van der Waals surface area contributed by atoms with E-state index in [1.807, 2.05) is 0 Å². The summed E-state index contributed by atoms with van der Waals surface area (Å²) in [6.45, 7) is 1.74. The number of allylic oxidation sites excluding steroid dienone is 1. The molecule has 1 aromatic carbocycles. The topological polar surface area (TPSA) is 9.23 Å². The van der Waals surface area contributed by atoms with Crippen LogP contribution in [0.2, 0.25) is 0 Å². The van der Waals surface area contributed by atoms with Crippen LogP contribution in [0.1, 0.15) is 11.1 Å². The van der Waals surface area contributed by atoms with Gasteiger partial charge in [0, 0.05) is 0 Å². The largest absolute Gasteiger partial charge is 0.504 e. The molecule has 0 bridgehead atoms. The van der Waals surface area contributed by atoms with Gasteiger partial charge in [-0.1, -0.05) is 29.8 Å². The van der Waals surface area contributed by atoms with Crippen molar-refractivity contribution in [2.75, 3.05) is 7.11 Å². The maximum Gasteiger partial charge on any atom is 0.419 e. The molecular formula is C11H11F3O. The molecular weight excluding hydrogens is 205 g/mol. The Balaban J connectivity index is 3.17. The van der Waals surface area contributed by atoms with Crippen molar-refractivity contribution in [3.05, 3.63) is 41.7 Å². The van der Waals surface area contributed by atoms with Gasteiger partial charge in [-0.2, -0.15) is 13.2 Å². The zero-order chi connectivity index (χ0) is 11.5. The van der Waals surface area contributed by atoms with Crippen molar-refractivity contribution in [2.24, 2.45) is 0 Å². The number of hydrogen-bond donors (Lipinski definition) is 0. The molecule has 1 aromatic rings. The Morgan fingerprint density at radius 2 is 2.00 bits per heavy atom. The molecule has 0 amide bonds. The van der Waals surface area contributed by atoms with E-state index in [-0.39, 0.29) is 5.56 Å². The van der Waals surface area contributed by atoms with Gasteiger partial charge in [-0.25, -0.2) is 0 Å². The van der Waals surface area contributed by atoms with Crippen LogP contribution in [-0.2, 0) is 4.74 Å². The Labute approximate surface area is 86.2 Å². The van der Waals surface area contributed by atoms with Crippen LogP contribution < -0.4 is 0 Å². The maximum atomic E-state index is 12.6. The Bertz CT molecular complexity index is 366. The molecule has 0 fully saturated rings. The minimum Gasteiger partial charge on any atom is -0.504 e. The lowest BCUT2D eigenvalue weighted by molar-refractivity contribution is -0.0701. The average Bonchev–Trinajstić information content (AvgIpc) is 2.12. The number of halogens is 3. The van der Waals surface area contributed by atoms with Crippen molar-refractivity contribution < 1.29 is 17.9 Å². The van der Waals surface area contributed by atoms with Gasteiger partial charge in [-0.05, 0) is 12.5 Å². The van der Waals surface area contributed by atoms with Crippen LogP contribution >= 0.6 is 0 Å².